The van der Waals surface area contributed by atoms with Crippen molar-refractivity contribution in [1.82, 2.24) is 10.6 Å². The van der Waals surface area contributed by atoms with E-state index >= 15 is 0 Å². The molecule has 8 nitrogen and oxygen atoms in total. The average Bonchev–Trinajstić information content (AvgIpc) is 3.46. The molecule has 0 saturated carbocycles. The van der Waals surface area contributed by atoms with Crippen LogP contribution in [0.15, 0.2) is 71.0 Å². The predicted molar refractivity (Wildman–Crippen MR) is 147 cm³/mol. The van der Waals surface area contributed by atoms with Gasteiger partial charge in [0, 0.05) is 30.4 Å². The Morgan fingerprint density at radius 1 is 1.03 bits per heavy atom. The van der Waals surface area contributed by atoms with E-state index in [0.29, 0.717) is 22.8 Å². The molecule has 3 aromatic rings. The van der Waals surface area contributed by atoms with Crippen molar-refractivity contribution in [2.75, 3.05) is 32.2 Å². The Hall–Kier alpha value is -4.20. The Morgan fingerprint density at radius 3 is 2.37 bits per heavy atom. The molecule has 200 valence electrons. The van der Waals surface area contributed by atoms with E-state index in [9.17, 15) is 9.59 Å². The highest BCUT2D eigenvalue weighted by Gasteiger charge is 2.20. The first kappa shape index (κ1) is 26.9. The molecule has 0 aliphatic carbocycles. The van der Waals surface area contributed by atoms with Crippen LogP contribution in [-0.4, -0.2) is 39.1 Å². The van der Waals surface area contributed by atoms with Crippen LogP contribution in [0.25, 0.3) is 6.08 Å². The maximum atomic E-state index is 13.3. The van der Waals surface area contributed by atoms with Gasteiger partial charge < -0.3 is 29.4 Å². The second kappa shape index (κ2) is 12.4. The molecular formula is C30H35N3O5. The topological polar surface area (TPSA) is 93.0 Å². The lowest BCUT2D eigenvalue weighted by atomic mass is 9.98. The van der Waals surface area contributed by atoms with Crippen molar-refractivity contribution in [2.45, 2.75) is 32.7 Å². The lowest BCUT2D eigenvalue weighted by Crippen LogP contribution is -2.36. The van der Waals surface area contributed by atoms with Gasteiger partial charge in [0.2, 0.25) is 0 Å². The van der Waals surface area contributed by atoms with Crippen LogP contribution < -0.4 is 25.0 Å². The first-order chi connectivity index (χ1) is 18.4. The lowest BCUT2D eigenvalue weighted by Gasteiger charge is -2.32. The fraction of sp³-hybridized carbons (Fsp3) is 0.333. The maximum absolute atomic E-state index is 13.3. The van der Waals surface area contributed by atoms with Gasteiger partial charge in [-0.15, -0.1) is 0 Å². The Morgan fingerprint density at radius 2 is 1.74 bits per heavy atom. The van der Waals surface area contributed by atoms with Crippen LogP contribution in [-0.2, 0) is 4.79 Å². The average molecular weight is 518 g/mol. The van der Waals surface area contributed by atoms with Crippen LogP contribution >= 0.6 is 0 Å². The minimum atomic E-state index is -0.466. The number of benzene rings is 2. The van der Waals surface area contributed by atoms with E-state index in [0.717, 1.165) is 24.6 Å². The van der Waals surface area contributed by atoms with Crippen LogP contribution in [0.5, 0.6) is 11.5 Å². The zero-order valence-electron chi connectivity index (χ0n) is 22.3. The van der Waals surface area contributed by atoms with Crippen LogP contribution in [0.4, 0.5) is 5.69 Å². The minimum absolute atomic E-state index is 0.0608. The van der Waals surface area contributed by atoms with E-state index in [-0.39, 0.29) is 11.7 Å². The Balaban J connectivity index is 1.47. The van der Waals surface area contributed by atoms with E-state index in [4.69, 9.17) is 13.9 Å². The molecule has 0 radical (unpaired) electrons. The molecule has 1 atom stereocenters. The fourth-order valence-electron chi connectivity index (χ4n) is 4.44. The summed E-state index contributed by atoms with van der Waals surface area (Å²) in [6.45, 7) is 6.34. The number of ether oxygens (including phenoxy) is 2. The summed E-state index contributed by atoms with van der Waals surface area (Å²) in [5.41, 5.74) is 2.54. The number of carbonyl (C=O) groups is 2. The normalized spacial score (nSPS) is 15.1. The van der Waals surface area contributed by atoms with E-state index in [1.54, 1.807) is 30.3 Å². The highest BCUT2D eigenvalue weighted by atomic mass is 16.5. The number of methoxy groups -OCH3 is 2. The summed E-state index contributed by atoms with van der Waals surface area (Å²) < 4.78 is 15.9. The molecule has 4 rings (SSSR count). The molecule has 2 amide bonds. The number of amides is 2. The van der Waals surface area contributed by atoms with Crippen LogP contribution in [0.3, 0.4) is 0 Å². The summed E-state index contributed by atoms with van der Waals surface area (Å²) in [5, 5.41) is 5.71. The lowest BCUT2D eigenvalue weighted by molar-refractivity contribution is -0.118. The number of hydrogen-bond acceptors (Lipinski definition) is 6. The number of hydrogen-bond donors (Lipinski definition) is 2. The first-order valence-corrected chi connectivity index (χ1v) is 12.8. The van der Waals surface area contributed by atoms with Crippen molar-refractivity contribution in [1.29, 1.82) is 0 Å². The number of rotatable bonds is 9. The van der Waals surface area contributed by atoms with E-state index < -0.39 is 11.8 Å². The summed E-state index contributed by atoms with van der Waals surface area (Å²) in [5.74, 6) is 1.23. The highest BCUT2D eigenvalue weighted by Crippen LogP contribution is 2.28. The second-order valence-electron chi connectivity index (χ2n) is 9.55. The molecule has 1 fully saturated rings. The summed E-state index contributed by atoms with van der Waals surface area (Å²) >= 11 is 0. The standard InChI is InChI=1S/C30H35N3O5/c1-20-13-15-33(16-14-20)24-10-7-22(8-11-24)21(2)31-30(35)26(19-25-6-5-17-38-25)32-29(34)23-9-12-27(36-3)28(18-23)37-4/h5-12,17-21H,13-16H2,1-4H3,(H,31,35)(H,32,34)/b26-19-. The van der Waals surface area contributed by atoms with Crippen molar-refractivity contribution >= 4 is 23.6 Å². The van der Waals surface area contributed by atoms with Gasteiger partial charge in [-0.05, 0) is 73.7 Å². The van der Waals surface area contributed by atoms with Crippen LogP contribution in [0, 0.1) is 5.92 Å². The van der Waals surface area contributed by atoms with Crippen LogP contribution in [0.2, 0.25) is 0 Å². The molecule has 1 aliphatic heterocycles. The predicted octanol–water partition coefficient (Wildman–Crippen LogP) is 5.18. The molecule has 1 aliphatic rings. The van der Waals surface area contributed by atoms with Gasteiger partial charge in [-0.25, -0.2) is 0 Å². The molecule has 2 heterocycles. The quantitative estimate of drug-likeness (QED) is 0.380. The Kier molecular flexibility index (Phi) is 8.73. The van der Waals surface area contributed by atoms with Crippen molar-refractivity contribution in [2.24, 2.45) is 5.92 Å². The van der Waals surface area contributed by atoms with Crippen molar-refractivity contribution in [3.05, 3.63) is 83.4 Å². The summed E-state index contributed by atoms with van der Waals surface area (Å²) in [6.07, 6.45) is 5.41. The van der Waals surface area contributed by atoms with E-state index in [1.807, 2.05) is 19.1 Å². The molecule has 2 aromatic carbocycles. The number of nitrogens with zero attached hydrogens (tertiary/aromatic N) is 1. The molecule has 2 N–H and O–H groups in total. The summed E-state index contributed by atoms with van der Waals surface area (Å²) in [4.78, 5) is 28.8. The monoisotopic (exact) mass is 517 g/mol. The zero-order chi connectivity index (χ0) is 27.1. The summed E-state index contributed by atoms with van der Waals surface area (Å²) in [7, 11) is 3.02. The maximum Gasteiger partial charge on any atom is 0.268 e. The molecule has 8 heteroatoms. The Bertz CT molecular complexity index is 1260. The number of piperidine rings is 1. The van der Waals surface area contributed by atoms with Gasteiger partial charge in [0.25, 0.3) is 11.8 Å². The van der Waals surface area contributed by atoms with E-state index in [2.05, 4.69) is 34.6 Å². The smallest absolute Gasteiger partial charge is 0.268 e. The van der Waals surface area contributed by atoms with Gasteiger partial charge >= 0.3 is 0 Å². The van der Waals surface area contributed by atoms with Crippen molar-refractivity contribution in [3.8, 4) is 11.5 Å². The summed E-state index contributed by atoms with van der Waals surface area (Å²) in [6, 6.07) is 16.2. The number of carbonyl (C=O) groups excluding carboxylic acids is 2. The highest BCUT2D eigenvalue weighted by molar-refractivity contribution is 6.05. The third kappa shape index (κ3) is 6.56. The number of furan rings is 1. The van der Waals surface area contributed by atoms with Crippen LogP contribution in [0.1, 0.15) is 54.4 Å². The van der Waals surface area contributed by atoms with Gasteiger partial charge in [0.15, 0.2) is 11.5 Å². The SMILES string of the molecule is COc1ccc(C(=O)N/C(=C\c2ccco2)C(=O)NC(C)c2ccc(N3CCC(C)CC3)cc2)cc1OC. The molecule has 1 unspecified atom stereocenters. The minimum Gasteiger partial charge on any atom is -0.493 e. The zero-order valence-corrected chi connectivity index (χ0v) is 22.3. The Labute approximate surface area is 223 Å². The van der Waals surface area contributed by atoms with Gasteiger partial charge in [-0.2, -0.15) is 0 Å². The molecule has 1 aromatic heterocycles. The molecule has 0 spiro atoms. The fourth-order valence-corrected chi connectivity index (χ4v) is 4.44. The van der Waals surface area contributed by atoms with Gasteiger partial charge in [0.1, 0.15) is 11.5 Å². The first-order valence-electron chi connectivity index (χ1n) is 12.8. The van der Waals surface area contributed by atoms with Crippen molar-refractivity contribution in [3.63, 3.8) is 0 Å². The van der Waals surface area contributed by atoms with Crippen molar-refractivity contribution < 1.29 is 23.5 Å². The number of anilines is 1. The molecular weight excluding hydrogens is 482 g/mol. The molecule has 38 heavy (non-hydrogen) atoms. The van der Waals surface area contributed by atoms with E-state index in [1.165, 1.54) is 45.1 Å². The molecule has 1 saturated heterocycles. The third-order valence-electron chi connectivity index (χ3n) is 6.86. The third-order valence-corrected chi connectivity index (χ3v) is 6.86. The van der Waals surface area contributed by atoms with Gasteiger partial charge in [-0.1, -0.05) is 19.1 Å². The molecule has 0 bridgehead atoms. The second-order valence-corrected chi connectivity index (χ2v) is 9.55. The van der Waals surface area contributed by atoms with Gasteiger partial charge in [-0.3, -0.25) is 9.59 Å². The number of nitrogens with one attached hydrogen (secondary N) is 2. The largest absolute Gasteiger partial charge is 0.493 e. The van der Waals surface area contributed by atoms with Gasteiger partial charge in [0.05, 0.1) is 26.5 Å².